The zero-order valence-electron chi connectivity index (χ0n) is 15.0. The molecule has 0 aliphatic rings. The molecule has 5 nitrogen and oxygen atoms in total. The van der Waals surface area contributed by atoms with Crippen LogP contribution in [-0.2, 0) is 15.6 Å². The third-order valence-corrected chi connectivity index (χ3v) is 9.45. The number of carbonyl (C=O) groups excluding carboxylic acids is 2. The number of hydrogen-bond acceptors (Lipinski definition) is 3. The van der Waals surface area contributed by atoms with Gasteiger partial charge in [0.1, 0.15) is 0 Å². The number of fused-ring (bicyclic) bond motifs is 1. The zero-order valence-corrected chi connectivity index (χ0v) is 16.0. The molecule has 24 heavy (non-hydrogen) atoms. The van der Waals surface area contributed by atoms with Gasteiger partial charge in [0.15, 0.2) is 8.32 Å². The summed E-state index contributed by atoms with van der Waals surface area (Å²) in [6, 6.07) is 5.71. The molecular weight excluding hydrogens is 320 g/mol. The van der Waals surface area contributed by atoms with E-state index in [4.69, 9.17) is 10.2 Å². The van der Waals surface area contributed by atoms with E-state index in [2.05, 4.69) is 38.8 Å². The van der Waals surface area contributed by atoms with Gasteiger partial charge in [-0.15, -0.1) is 0 Å². The van der Waals surface area contributed by atoms with Crippen molar-refractivity contribution < 1.29 is 14.0 Å². The Bertz CT molecular complexity index is 772. The van der Waals surface area contributed by atoms with Crippen molar-refractivity contribution in [3.8, 4) is 0 Å². The number of Topliss-reactive ketones (excluding diaryl/α,β-unsaturated/α-hetero) is 1. The van der Waals surface area contributed by atoms with Crippen LogP contribution in [0.15, 0.2) is 24.4 Å². The van der Waals surface area contributed by atoms with Gasteiger partial charge in [-0.05, 0) is 30.1 Å². The van der Waals surface area contributed by atoms with E-state index in [1.807, 2.05) is 18.2 Å². The number of rotatable bonds is 6. The Morgan fingerprint density at radius 1 is 1.25 bits per heavy atom. The normalized spacial score (nSPS) is 12.5. The largest absolute Gasteiger partial charge is 0.416 e. The minimum absolute atomic E-state index is 0.173. The average molecular weight is 347 g/mol. The molecule has 0 spiro atoms. The first-order valence-electron chi connectivity index (χ1n) is 8.11. The molecule has 1 aromatic heterocycles. The topological polar surface area (TPSA) is 85.2 Å². The second-order valence-corrected chi connectivity index (χ2v) is 12.4. The number of aromatic nitrogens is 1. The lowest BCUT2D eigenvalue weighted by Crippen LogP contribution is -2.41. The number of aromatic amines is 1. The third-order valence-electron chi connectivity index (χ3n) is 4.91. The first-order valence-corrected chi connectivity index (χ1v) is 11.0. The molecule has 0 saturated carbocycles. The zero-order chi connectivity index (χ0) is 18.1. The number of carbonyl (C=O) groups is 2. The Hall–Kier alpha value is -1.92. The van der Waals surface area contributed by atoms with Crippen molar-refractivity contribution in [2.45, 2.75) is 45.3 Å². The van der Waals surface area contributed by atoms with E-state index in [9.17, 15) is 9.59 Å². The Balaban J connectivity index is 2.20. The summed E-state index contributed by atoms with van der Waals surface area (Å²) in [5.74, 6) is -1.61. The summed E-state index contributed by atoms with van der Waals surface area (Å²) in [5.41, 5.74) is 7.36. The standard InChI is InChI=1S/C18H26N2O3Si/c1-18(2,3)24(4,5)23-10-9-12-7-6-8-13-14(11-20-15(12)13)16(21)17(19)22/h6-8,11,20H,9-10H2,1-5H3,(H2,19,22). The SMILES string of the molecule is CC(C)(C)[Si](C)(C)OCCc1cccc2c(C(=O)C(N)=O)c[nH]c12. The van der Waals surface area contributed by atoms with Gasteiger partial charge in [-0.25, -0.2) is 0 Å². The predicted molar refractivity (Wildman–Crippen MR) is 98.7 cm³/mol. The molecule has 1 aromatic carbocycles. The summed E-state index contributed by atoms with van der Waals surface area (Å²) < 4.78 is 6.22. The molecule has 130 valence electrons. The molecule has 3 N–H and O–H groups in total. The van der Waals surface area contributed by atoms with E-state index in [0.717, 1.165) is 22.9 Å². The minimum atomic E-state index is -1.78. The molecule has 0 bridgehead atoms. The average Bonchev–Trinajstić information content (AvgIpc) is 2.89. The third kappa shape index (κ3) is 3.60. The van der Waals surface area contributed by atoms with Crippen LogP contribution in [0.25, 0.3) is 10.9 Å². The summed E-state index contributed by atoms with van der Waals surface area (Å²) in [5, 5.41) is 0.899. The van der Waals surface area contributed by atoms with Crippen LogP contribution in [0.3, 0.4) is 0 Å². The number of nitrogens with one attached hydrogen (secondary N) is 1. The highest BCUT2D eigenvalue weighted by molar-refractivity contribution is 6.74. The second-order valence-electron chi connectivity index (χ2n) is 7.59. The molecule has 6 heteroatoms. The van der Waals surface area contributed by atoms with Crippen LogP contribution in [0, 0.1) is 0 Å². The molecule has 0 radical (unpaired) electrons. The van der Waals surface area contributed by atoms with Gasteiger partial charge >= 0.3 is 0 Å². The number of H-pyrrole nitrogens is 1. The van der Waals surface area contributed by atoms with Crippen LogP contribution in [-0.4, -0.2) is 31.6 Å². The molecular formula is C18H26N2O3Si. The first-order chi connectivity index (χ1) is 11.0. The fourth-order valence-electron chi connectivity index (χ4n) is 2.38. The fourth-order valence-corrected chi connectivity index (χ4v) is 3.42. The molecule has 1 heterocycles. The van der Waals surface area contributed by atoms with Crippen molar-refractivity contribution in [2.75, 3.05) is 6.61 Å². The molecule has 0 fully saturated rings. The predicted octanol–water partition coefficient (Wildman–Crippen LogP) is 3.40. The Morgan fingerprint density at radius 2 is 1.92 bits per heavy atom. The minimum Gasteiger partial charge on any atom is -0.416 e. The van der Waals surface area contributed by atoms with E-state index < -0.39 is 20.0 Å². The van der Waals surface area contributed by atoms with E-state index in [0.29, 0.717) is 12.2 Å². The molecule has 2 aromatic rings. The van der Waals surface area contributed by atoms with E-state index in [1.54, 1.807) is 6.20 Å². The molecule has 0 aliphatic carbocycles. The number of ketones is 1. The van der Waals surface area contributed by atoms with Crippen molar-refractivity contribution >= 4 is 30.9 Å². The Labute approximate surface area is 143 Å². The van der Waals surface area contributed by atoms with Gasteiger partial charge in [-0.2, -0.15) is 0 Å². The molecule has 0 atom stereocenters. The van der Waals surface area contributed by atoms with Crippen molar-refractivity contribution in [1.82, 2.24) is 4.98 Å². The monoisotopic (exact) mass is 346 g/mol. The van der Waals surface area contributed by atoms with Crippen LogP contribution in [0.1, 0.15) is 36.7 Å². The lowest BCUT2D eigenvalue weighted by atomic mass is 10.0. The van der Waals surface area contributed by atoms with Gasteiger partial charge in [-0.1, -0.05) is 39.0 Å². The van der Waals surface area contributed by atoms with Crippen LogP contribution >= 0.6 is 0 Å². The molecule has 1 amide bonds. The van der Waals surface area contributed by atoms with Gasteiger partial charge in [0.25, 0.3) is 11.7 Å². The van der Waals surface area contributed by atoms with Gasteiger partial charge < -0.3 is 15.1 Å². The van der Waals surface area contributed by atoms with Gasteiger partial charge in [0.05, 0.1) is 5.56 Å². The smallest absolute Gasteiger partial charge is 0.289 e. The molecule has 2 rings (SSSR count). The summed E-state index contributed by atoms with van der Waals surface area (Å²) in [7, 11) is -1.78. The van der Waals surface area contributed by atoms with Crippen molar-refractivity contribution in [1.29, 1.82) is 0 Å². The van der Waals surface area contributed by atoms with Crippen LogP contribution in [0.2, 0.25) is 18.1 Å². The van der Waals surface area contributed by atoms with Crippen LogP contribution in [0.5, 0.6) is 0 Å². The van der Waals surface area contributed by atoms with E-state index in [-0.39, 0.29) is 5.04 Å². The fraction of sp³-hybridized carbons (Fsp3) is 0.444. The quantitative estimate of drug-likeness (QED) is 0.477. The van der Waals surface area contributed by atoms with E-state index in [1.165, 1.54) is 0 Å². The highest BCUT2D eigenvalue weighted by atomic mass is 28.4. The number of hydrogen-bond donors (Lipinski definition) is 2. The first kappa shape index (κ1) is 18.4. The maximum absolute atomic E-state index is 11.9. The molecule has 0 unspecified atom stereocenters. The van der Waals surface area contributed by atoms with Crippen molar-refractivity contribution in [3.63, 3.8) is 0 Å². The van der Waals surface area contributed by atoms with Crippen LogP contribution in [0.4, 0.5) is 0 Å². The number of nitrogens with two attached hydrogens (primary N) is 1. The Kier molecular flexibility index (Phi) is 5.01. The summed E-state index contributed by atoms with van der Waals surface area (Å²) >= 11 is 0. The Morgan fingerprint density at radius 3 is 2.50 bits per heavy atom. The molecule has 0 aliphatic heterocycles. The number of benzene rings is 1. The van der Waals surface area contributed by atoms with Crippen molar-refractivity contribution in [2.24, 2.45) is 5.73 Å². The maximum atomic E-state index is 11.9. The summed E-state index contributed by atoms with van der Waals surface area (Å²) in [6.45, 7) is 11.7. The number of para-hydroxylation sites is 1. The second kappa shape index (κ2) is 6.53. The highest BCUT2D eigenvalue weighted by Crippen LogP contribution is 2.36. The van der Waals surface area contributed by atoms with Crippen LogP contribution < -0.4 is 5.73 Å². The van der Waals surface area contributed by atoms with Gasteiger partial charge in [0, 0.05) is 23.7 Å². The van der Waals surface area contributed by atoms with Gasteiger partial charge in [-0.3, -0.25) is 9.59 Å². The number of primary amides is 1. The highest BCUT2D eigenvalue weighted by Gasteiger charge is 2.36. The number of amides is 1. The summed E-state index contributed by atoms with van der Waals surface area (Å²) in [6.07, 6.45) is 2.30. The molecule has 0 saturated heterocycles. The van der Waals surface area contributed by atoms with Gasteiger partial charge in [0.2, 0.25) is 0 Å². The lowest BCUT2D eigenvalue weighted by Gasteiger charge is -2.36. The van der Waals surface area contributed by atoms with E-state index >= 15 is 0 Å². The van der Waals surface area contributed by atoms with Crippen molar-refractivity contribution in [3.05, 3.63) is 35.5 Å². The summed E-state index contributed by atoms with van der Waals surface area (Å²) in [4.78, 5) is 26.1. The lowest BCUT2D eigenvalue weighted by molar-refractivity contribution is -0.114. The maximum Gasteiger partial charge on any atom is 0.289 e.